The van der Waals surface area contributed by atoms with Crippen molar-refractivity contribution >= 4 is 10.0 Å². The van der Waals surface area contributed by atoms with Crippen molar-refractivity contribution in [2.45, 2.75) is 18.7 Å². The molecule has 1 heterocycles. The molecule has 0 saturated carbocycles. The fraction of sp³-hybridized carbons (Fsp3) is 0.118. The van der Waals surface area contributed by atoms with Crippen LogP contribution in [-0.4, -0.2) is 18.6 Å². The molecule has 0 radical (unpaired) electrons. The van der Waals surface area contributed by atoms with E-state index in [-0.39, 0.29) is 4.90 Å². The van der Waals surface area contributed by atoms with Crippen molar-refractivity contribution in [1.29, 1.82) is 0 Å². The lowest BCUT2D eigenvalue weighted by Gasteiger charge is -2.07. The third kappa shape index (κ3) is 3.04. The van der Waals surface area contributed by atoms with Crippen molar-refractivity contribution in [2.75, 3.05) is 0 Å². The summed E-state index contributed by atoms with van der Waals surface area (Å²) in [7, 11) is -3.69. The summed E-state index contributed by atoms with van der Waals surface area (Å²) in [6, 6.07) is 12.7. The highest BCUT2D eigenvalue weighted by atomic mass is 32.2. The van der Waals surface area contributed by atoms with E-state index in [1.807, 2.05) is 0 Å². The number of H-pyrrole nitrogens is 1. The Morgan fingerprint density at radius 2 is 1.61 bits per heavy atom. The average Bonchev–Trinajstić information content (AvgIpc) is 2.99. The molecule has 23 heavy (non-hydrogen) atoms. The molecule has 0 spiro atoms. The van der Waals surface area contributed by atoms with Crippen LogP contribution in [0.5, 0.6) is 0 Å². The Hall–Kier alpha value is -2.44. The van der Waals surface area contributed by atoms with Gasteiger partial charge in [0, 0.05) is 11.1 Å². The van der Waals surface area contributed by atoms with Gasteiger partial charge in [0.05, 0.1) is 16.8 Å². The first-order valence-corrected chi connectivity index (χ1v) is 8.65. The Labute approximate surface area is 135 Å². The first-order valence-electron chi connectivity index (χ1n) is 7.10. The fourth-order valence-electron chi connectivity index (χ4n) is 2.45. The number of aromatic nitrogens is 2. The molecule has 0 amide bonds. The van der Waals surface area contributed by atoms with Gasteiger partial charge in [-0.3, -0.25) is 5.10 Å². The van der Waals surface area contributed by atoms with Gasteiger partial charge in [0.15, 0.2) is 0 Å². The summed E-state index contributed by atoms with van der Waals surface area (Å²) < 4.78 is 22.7. The van der Waals surface area contributed by atoms with Crippen LogP contribution in [-0.2, 0) is 10.0 Å². The molecule has 0 aliphatic carbocycles. The molecule has 0 bridgehead atoms. The number of rotatable bonds is 3. The maximum atomic E-state index is 11.3. The molecule has 1 aromatic heterocycles. The number of nitrogens with one attached hydrogen (secondary N) is 1. The average molecular weight is 327 g/mol. The van der Waals surface area contributed by atoms with Crippen LogP contribution in [0.4, 0.5) is 0 Å². The third-order valence-electron chi connectivity index (χ3n) is 3.93. The molecular weight excluding hydrogens is 310 g/mol. The molecule has 3 rings (SSSR count). The van der Waals surface area contributed by atoms with E-state index in [1.54, 1.807) is 18.3 Å². The van der Waals surface area contributed by atoms with Gasteiger partial charge in [-0.15, -0.1) is 0 Å². The van der Waals surface area contributed by atoms with E-state index >= 15 is 0 Å². The number of benzene rings is 2. The third-order valence-corrected chi connectivity index (χ3v) is 4.86. The Morgan fingerprint density at radius 3 is 2.22 bits per heavy atom. The van der Waals surface area contributed by atoms with Gasteiger partial charge in [-0.1, -0.05) is 30.3 Å². The summed E-state index contributed by atoms with van der Waals surface area (Å²) in [6.45, 7) is 4.14. The lowest BCUT2D eigenvalue weighted by Crippen LogP contribution is -2.11. The molecule has 3 N–H and O–H groups in total. The van der Waals surface area contributed by atoms with Crippen molar-refractivity contribution in [3.63, 3.8) is 0 Å². The van der Waals surface area contributed by atoms with Gasteiger partial charge >= 0.3 is 0 Å². The highest BCUT2D eigenvalue weighted by Crippen LogP contribution is 2.31. The van der Waals surface area contributed by atoms with Crippen LogP contribution in [0.3, 0.4) is 0 Å². The number of hydrogen-bond acceptors (Lipinski definition) is 3. The van der Waals surface area contributed by atoms with Gasteiger partial charge in [0.2, 0.25) is 10.0 Å². The van der Waals surface area contributed by atoms with Gasteiger partial charge in [0.25, 0.3) is 0 Å². The molecule has 2 aromatic carbocycles. The molecule has 0 fully saturated rings. The lowest BCUT2D eigenvalue weighted by atomic mass is 9.98. The summed E-state index contributed by atoms with van der Waals surface area (Å²) in [5.41, 5.74) is 6.16. The van der Waals surface area contributed by atoms with Crippen LogP contribution in [0.2, 0.25) is 0 Å². The summed E-state index contributed by atoms with van der Waals surface area (Å²) >= 11 is 0. The Morgan fingerprint density at radius 1 is 0.957 bits per heavy atom. The van der Waals surface area contributed by atoms with Crippen LogP contribution < -0.4 is 5.14 Å². The number of aryl methyl sites for hydroxylation is 2. The number of hydrogen-bond donors (Lipinski definition) is 2. The molecule has 5 nitrogen and oxygen atoms in total. The minimum Gasteiger partial charge on any atom is -0.277 e. The Bertz CT molecular complexity index is 958. The van der Waals surface area contributed by atoms with E-state index in [4.69, 9.17) is 5.14 Å². The van der Waals surface area contributed by atoms with Gasteiger partial charge < -0.3 is 0 Å². The highest BCUT2D eigenvalue weighted by molar-refractivity contribution is 7.89. The van der Waals surface area contributed by atoms with Crippen LogP contribution in [0, 0.1) is 13.8 Å². The minimum absolute atomic E-state index is 0.0912. The predicted molar refractivity (Wildman–Crippen MR) is 90.3 cm³/mol. The van der Waals surface area contributed by atoms with Crippen molar-refractivity contribution in [3.8, 4) is 22.4 Å². The number of nitrogens with two attached hydrogens (primary N) is 1. The van der Waals surface area contributed by atoms with Crippen molar-refractivity contribution < 1.29 is 8.42 Å². The van der Waals surface area contributed by atoms with E-state index < -0.39 is 10.0 Å². The molecule has 0 aliphatic heterocycles. The topological polar surface area (TPSA) is 88.8 Å². The van der Waals surface area contributed by atoms with Crippen LogP contribution in [0.25, 0.3) is 22.4 Å². The quantitative estimate of drug-likeness (QED) is 0.775. The standard InChI is InChI=1S/C17H17N3O2S/c1-11-3-4-14(9-12(11)2)16-10-19-20-17(16)13-5-7-15(8-6-13)23(18,21)22/h3-10H,1-2H3,(H,19,20)(H2,18,21,22). The zero-order valence-corrected chi connectivity index (χ0v) is 13.7. The van der Waals surface area contributed by atoms with Crippen molar-refractivity contribution in [3.05, 3.63) is 59.8 Å². The second-order valence-electron chi connectivity index (χ2n) is 5.53. The number of sulfonamides is 1. The van der Waals surface area contributed by atoms with E-state index in [2.05, 4.69) is 42.2 Å². The van der Waals surface area contributed by atoms with Gasteiger partial charge in [-0.25, -0.2) is 13.6 Å². The molecule has 0 aliphatic rings. The minimum atomic E-state index is -3.69. The maximum Gasteiger partial charge on any atom is 0.238 e. The predicted octanol–water partition coefficient (Wildman–Crippen LogP) is 3.01. The fourth-order valence-corrected chi connectivity index (χ4v) is 2.96. The molecule has 0 unspecified atom stereocenters. The maximum absolute atomic E-state index is 11.3. The summed E-state index contributed by atoms with van der Waals surface area (Å²) in [5, 5.41) is 12.2. The monoisotopic (exact) mass is 327 g/mol. The number of aromatic amines is 1. The van der Waals surface area contributed by atoms with E-state index in [1.165, 1.54) is 23.3 Å². The number of primary sulfonamides is 1. The van der Waals surface area contributed by atoms with Crippen LogP contribution in [0.15, 0.2) is 53.6 Å². The lowest BCUT2D eigenvalue weighted by molar-refractivity contribution is 0.598. The number of nitrogens with zero attached hydrogens (tertiary/aromatic N) is 1. The van der Waals surface area contributed by atoms with Crippen molar-refractivity contribution in [2.24, 2.45) is 5.14 Å². The summed E-state index contributed by atoms with van der Waals surface area (Å²) in [5.74, 6) is 0. The Kier molecular flexibility index (Phi) is 3.79. The second kappa shape index (κ2) is 5.64. The summed E-state index contributed by atoms with van der Waals surface area (Å²) in [4.78, 5) is 0.0912. The van der Waals surface area contributed by atoms with Gasteiger partial charge in [-0.2, -0.15) is 5.10 Å². The smallest absolute Gasteiger partial charge is 0.238 e. The second-order valence-corrected chi connectivity index (χ2v) is 7.09. The van der Waals surface area contributed by atoms with E-state index in [9.17, 15) is 8.42 Å². The zero-order chi connectivity index (χ0) is 16.6. The zero-order valence-electron chi connectivity index (χ0n) is 12.9. The Balaban J connectivity index is 2.05. The van der Waals surface area contributed by atoms with Crippen LogP contribution in [0.1, 0.15) is 11.1 Å². The largest absolute Gasteiger partial charge is 0.277 e. The molecular formula is C17H17N3O2S. The molecule has 0 saturated heterocycles. The van der Waals surface area contributed by atoms with E-state index in [0.29, 0.717) is 0 Å². The summed E-state index contributed by atoms with van der Waals surface area (Å²) in [6.07, 6.45) is 1.77. The normalized spacial score (nSPS) is 11.6. The molecule has 118 valence electrons. The highest BCUT2D eigenvalue weighted by Gasteiger charge is 2.12. The SMILES string of the molecule is Cc1ccc(-c2cn[nH]c2-c2ccc(S(N)(=O)=O)cc2)cc1C. The van der Waals surface area contributed by atoms with Gasteiger partial charge in [-0.05, 0) is 42.7 Å². The first kappa shape index (κ1) is 15.5. The van der Waals surface area contributed by atoms with Crippen molar-refractivity contribution in [1.82, 2.24) is 10.2 Å². The van der Waals surface area contributed by atoms with Gasteiger partial charge in [0.1, 0.15) is 0 Å². The van der Waals surface area contributed by atoms with E-state index in [0.717, 1.165) is 22.4 Å². The van der Waals surface area contributed by atoms with Crippen LogP contribution >= 0.6 is 0 Å². The molecule has 3 aromatic rings. The molecule has 6 heteroatoms. The molecule has 0 atom stereocenters. The first-order chi connectivity index (χ1) is 10.9.